The second kappa shape index (κ2) is 6.93. The average molecular weight is 411 g/mol. The van der Waals surface area contributed by atoms with E-state index in [9.17, 15) is 30.0 Å². The first-order valence-electron chi connectivity index (χ1n) is 9.44. The Balaban J connectivity index is 1.96. The lowest BCUT2D eigenvalue weighted by Crippen LogP contribution is -2.45. The van der Waals surface area contributed by atoms with Crippen molar-refractivity contribution in [1.29, 1.82) is 0 Å². The summed E-state index contributed by atoms with van der Waals surface area (Å²) in [6.07, 6.45) is 0.0908. The molecule has 0 spiro atoms. The molecule has 8 heteroatoms. The zero-order valence-corrected chi connectivity index (χ0v) is 16.5. The van der Waals surface area contributed by atoms with Crippen molar-refractivity contribution in [2.24, 2.45) is 4.99 Å². The van der Waals surface area contributed by atoms with Crippen LogP contribution in [0.5, 0.6) is 17.2 Å². The molecule has 4 rings (SSSR count). The number of methoxy groups -OCH3 is 1. The maximum absolute atomic E-state index is 13.2. The summed E-state index contributed by atoms with van der Waals surface area (Å²) >= 11 is 0. The van der Waals surface area contributed by atoms with Gasteiger partial charge in [0, 0.05) is 30.2 Å². The van der Waals surface area contributed by atoms with Crippen LogP contribution in [0.4, 0.5) is 0 Å². The van der Waals surface area contributed by atoms with Crippen LogP contribution in [0.2, 0.25) is 0 Å². The van der Waals surface area contributed by atoms with Crippen molar-refractivity contribution in [2.45, 2.75) is 24.9 Å². The van der Waals surface area contributed by atoms with Gasteiger partial charge in [0.2, 0.25) is 5.78 Å². The molecule has 0 fully saturated rings. The number of aromatic hydroxyl groups is 2. The van der Waals surface area contributed by atoms with E-state index in [0.29, 0.717) is 5.56 Å². The summed E-state index contributed by atoms with van der Waals surface area (Å²) < 4.78 is 5.22. The number of phenols is 2. The van der Waals surface area contributed by atoms with Crippen LogP contribution in [0.3, 0.4) is 0 Å². The van der Waals surface area contributed by atoms with Crippen molar-refractivity contribution in [3.63, 3.8) is 0 Å². The number of ether oxygens (including phenoxy) is 1. The molecule has 30 heavy (non-hydrogen) atoms. The lowest BCUT2D eigenvalue weighted by molar-refractivity contribution is 0.0879. The summed E-state index contributed by atoms with van der Waals surface area (Å²) in [5, 5.41) is 42.4. The van der Waals surface area contributed by atoms with Gasteiger partial charge in [-0.15, -0.1) is 0 Å². The van der Waals surface area contributed by atoms with Gasteiger partial charge in [-0.2, -0.15) is 0 Å². The third kappa shape index (κ3) is 2.57. The Kier molecular flexibility index (Phi) is 4.63. The summed E-state index contributed by atoms with van der Waals surface area (Å²) in [6, 6.07) is 4.57. The van der Waals surface area contributed by atoms with Gasteiger partial charge in [-0.05, 0) is 18.9 Å². The van der Waals surface area contributed by atoms with E-state index >= 15 is 0 Å². The van der Waals surface area contributed by atoms with E-state index in [0.717, 1.165) is 0 Å². The van der Waals surface area contributed by atoms with Crippen LogP contribution in [0, 0.1) is 0 Å². The van der Waals surface area contributed by atoms with Crippen molar-refractivity contribution >= 4 is 17.3 Å². The van der Waals surface area contributed by atoms with Gasteiger partial charge in [-0.1, -0.05) is 12.1 Å². The Morgan fingerprint density at radius 2 is 1.77 bits per heavy atom. The quantitative estimate of drug-likeness (QED) is 0.375. The first kappa shape index (κ1) is 20.1. The summed E-state index contributed by atoms with van der Waals surface area (Å²) in [4.78, 5) is 30.3. The summed E-state index contributed by atoms with van der Waals surface area (Å²) in [5.41, 5.74) is -1.37. The highest BCUT2D eigenvalue weighted by Crippen LogP contribution is 2.48. The van der Waals surface area contributed by atoms with Gasteiger partial charge >= 0.3 is 0 Å². The summed E-state index contributed by atoms with van der Waals surface area (Å²) in [7, 11) is 2.82. The molecule has 0 heterocycles. The fourth-order valence-electron chi connectivity index (χ4n) is 4.50. The Bertz CT molecular complexity index is 1140. The van der Waals surface area contributed by atoms with Crippen LogP contribution in [-0.2, 0) is 12.8 Å². The Morgan fingerprint density at radius 1 is 1.10 bits per heavy atom. The topological polar surface area (TPSA) is 137 Å². The minimum atomic E-state index is -1.53. The van der Waals surface area contributed by atoms with Crippen LogP contribution >= 0.6 is 0 Å². The number of aliphatic hydroxyl groups excluding tert-OH is 1. The van der Waals surface area contributed by atoms with Crippen LogP contribution in [0.15, 0.2) is 23.2 Å². The van der Waals surface area contributed by atoms with Crippen molar-refractivity contribution < 1.29 is 34.8 Å². The zero-order valence-electron chi connectivity index (χ0n) is 16.5. The molecule has 0 unspecified atom stereocenters. The van der Waals surface area contributed by atoms with Crippen molar-refractivity contribution in [3.05, 3.63) is 51.6 Å². The molecule has 0 bridgehead atoms. The van der Waals surface area contributed by atoms with Crippen molar-refractivity contribution in [2.75, 3.05) is 20.8 Å². The molecule has 0 aliphatic heterocycles. The van der Waals surface area contributed by atoms with Crippen LogP contribution in [0.25, 0.3) is 0 Å². The van der Waals surface area contributed by atoms with Crippen LogP contribution in [0.1, 0.15) is 49.4 Å². The largest absolute Gasteiger partial charge is 0.507 e. The predicted octanol–water partition coefficient (Wildman–Crippen LogP) is 1.16. The van der Waals surface area contributed by atoms with Gasteiger partial charge in [0.1, 0.15) is 22.8 Å². The Morgan fingerprint density at radius 3 is 2.40 bits per heavy atom. The molecule has 2 aromatic rings. The number of carbonyl (C=O) groups excluding carboxylic acids is 2. The van der Waals surface area contributed by atoms with E-state index in [1.54, 1.807) is 12.1 Å². The number of aliphatic imine (C=N–C) groups is 1. The fraction of sp³-hybridized carbons (Fsp3) is 0.318. The van der Waals surface area contributed by atoms with Gasteiger partial charge in [0.15, 0.2) is 5.78 Å². The Hall–Kier alpha value is -3.23. The van der Waals surface area contributed by atoms with Gasteiger partial charge in [-0.3, -0.25) is 14.6 Å². The third-order valence-electron chi connectivity index (χ3n) is 6.05. The molecule has 2 aromatic carbocycles. The minimum Gasteiger partial charge on any atom is -0.507 e. The third-order valence-corrected chi connectivity index (χ3v) is 6.05. The molecular formula is C22H21NO7. The lowest BCUT2D eigenvalue weighted by Gasteiger charge is -2.36. The second-order valence-electron chi connectivity index (χ2n) is 7.48. The minimum absolute atomic E-state index is 0.0418. The molecule has 0 aromatic heterocycles. The molecule has 8 nitrogen and oxygen atoms in total. The van der Waals surface area contributed by atoms with E-state index in [1.165, 1.54) is 20.2 Å². The van der Waals surface area contributed by atoms with Crippen LogP contribution in [-0.4, -0.2) is 64.1 Å². The smallest absolute Gasteiger partial charge is 0.202 e. The number of nitrogens with zero attached hydrogens (tertiary/aromatic N) is 1. The van der Waals surface area contributed by atoms with E-state index in [1.807, 2.05) is 0 Å². The number of ketones is 2. The van der Waals surface area contributed by atoms with Gasteiger partial charge < -0.3 is 25.2 Å². The number of hydrogen-bond donors (Lipinski definition) is 4. The predicted molar refractivity (Wildman–Crippen MR) is 107 cm³/mol. The van der Waals surface area contributed by atoms with E-state index in [4.69, 9.17) is 4.74 Å². The highest BCUT2D eigenvalue weighted by molar-refractivity contribution is 6.31. The van der Waals surface area contributed by atoms with Gasteiger partial charge in [-0.25, -0.2) is 0 Å². The molecule has 0 saturated carbocycles. The Labute approximate surface area is 172 Å². The van der Waals surface area contributed by atoms with Crippen molar-refractivity contribution in [1.82, 2.24) is 0 Å². The molecule has 4 N–H and O–H groups in total. The molecule has 0 amide bonds. The molecule has 2 aliphatic rings. The molecule has 2 aliphatic carbocycles. The maximum atomic E-state index is 13.2. The van der Waals surface area contributed by atoms with Crippen molar-refractivity contribution in [3.8, 4) is 17.2 Å². The first-order valence-corrected chi connectivity index (χ1v) is 9.44. The number of phenolic OH excluding ortho intramolecular Hbond substituents is 2. The molecule has 0 radical (unpaired) electrons. The number of carbonyl (C=O) groups is 2. The number of aliphatic hydroxyl groups is 2. The highest BCUT2D eigenvalue weighted by Gasteiger charge is 2.44. The molecule has 0 saturated heterocycles. The standard InChI is InChI=1S/C22H21NO7/c1-23-14(9-24)22(29)7-6-10-12(8-22)20(27)16-17(18(10)25)21(28)15-11(19(16)26)4-3-5-13(15)30-2/h3-5,24-25,27,29H,6-9H2,1-2H3/t22-/m1/s1. The van der Waals surface area contributed by atoms with E-state index < -0.39 is 29.5 Å². The lowest BCUT2D eigenvalue weighted by atomic mass is 9.73. The number of benzene rings is 2. The SMILES string of the molecule is CN=C(CO)[C@@]1(O)CCc2c(O)c3c(c(O)c2C1)C(=O)c1cccc(OC)c1C3=O. The van der Waals surface area contributed by atoms with E-state index in [-0.39, 0.29) is 64.3 Å². The maximum Gasteiger partial charge on any atom is 0.202 e. The van der Waals surface area contributed by atoms with Crippen LogP contribution < -0.4 is 4.74 Å². The molecule has 156 valence electrons. The average Bonchev–Trinajstić information content (AvgIpc) is 2.74. The summed E-state index contributed by atoms with van der Waals surface area (Å²) in [6.45, 7) is -0.468. The summed E-state index contributed by atoms with van der Waals surface area (Å²) in [5.74, 6) is -1.85. The first-order chi connectivity index (χ1) is 14.3. The molecule has 1 atom stereocenters. The molecular weight excluding hydrogens is 390 g/mol. The number of hydrogen-bond acceptors (Lipinski definition) is 8. The van der Waals surface area contributed by atoms with Gasteiger partial charge in [0.05, 0.1) is 36.1 Å². The second-order valence-corrected chi connectivity index (χ2v) is 7.48. The van der Waals surface area contributed by atoms with E-state index in [2.05, 4.69) is 4.99 Å². The fourth-order valence-corrected chi connectivity index (χ4v) is 4.50. The number of fused-ring (bicyclic) bond motifs is 3. The van der Waals surface area contributed by atoms with Gasteiger partial charge in [0.25, 0.3) is 0 Å². The zero-order chi connectivity index (χ0) is 21.8. The highest BCUT2D eigenvalue weighted by atomic mass is 16.5. The number of rotatable bonds is 3. The monoisotopic (exact) mass is 411 g/mol. The normalized spacial score (nSPS) is 20.5.